The fourth-order valence-corrected chi connectivity index (χ4v) is 5.26. The molecule has 0 bridgehead atoms. The van der Waals surface area contributed by atoms with Gasteiger partial charge < -0.3 is 15.0 Å². The lowest BCUT2D eigenvalue weighted by Gasteiger charge is -2.36. The summed E-state index contributed by atoms with van der Waals surface area (Å²) < 4.78 is 7.33. The standard InChI is InChI=1S/C27H33N7O/c1-35-23-12-24(25-15-29-30-26(25)13-23)27-18-34(32-31-27)16-20-7-9-22(10-8-20)33-11-3-6-21(17-33)28-14-19-4-2-5-19/h7-10,12-13,15,18-19,21,28H,2-6,11,14,16-17H2,1H3,(H,29,30)/t21-/m1/s1. The van der Waals surface area contributed by atoms with Crippen molar-refractivity contribution in [3.63, 3.8) is 0 Å². The summed E-state index contributed by atoms with van der Waals surface area (Å²) in [6.45, 7) is 4.11. The molecule has 182 valence electrons. The first-order chi connectivity index (χ1) is 17.2. The van der Waals surface area contributed by atoms with Gasteiger partial charge in [-0.3, -0.25) is 5.10 Å². The first kappa shape index (κ1) is 22.1. The molecule has 6 rings (SSSR count). The van der Waals surface area contributed by atoms with E-state index in [4.69, 9.17) is 4.74 Å². The van der Waals surface area contributed by atoms with Crippen molar-refractivity contribution in [1.82, 2.24) is 30.5 Å². The summed E-state index contributed by atoms with van der Waals surface area (Å²) in [7, 11) is 1.66. The van der Waals surface area contributed by atoms with Crippen LogP contribution < -0.4 is 15.0 Å². The minimum Gasteiger partial charge on any atom is -0.497 e. The number of anilines is 1. The second-order valence-corrected chi connectivity index (χ2v) is 9.96. The van der Waals surface area contributed by atoms with Gasteiger partial charge in [0, 0.05) is 41.8 Å². The molecule has 3 heterocycles. The van der Waals surface area contributed by atoms with Crippen molar-refractivity contribution in [2.24, 2.45) is 5.92 Å². The summed E-state index contributed by atoms with van der Waals surface area (Å²) in [5.41, 5.74) is 5.20. The van der Waals surface area contributed by atoms with Crippen molar-refractivity contribution in [3.8, 4) is 17.0 Å². The molecule has 2 aliphatic rings. The summed E-state index contributed by atoms with van der Waals surface area (Å²) in [5.74, 6) is 1.68. The number of piperidine rings is 1. The zero-order valence-electron chi connectivity index (χ0n) is 20.3. The lowest BCUT2D eigenvalue weighted by Crippen LogP contribution is -2.47. The minimum atomic E-state index is 0.607. The van der Waals surface area contributed by atoms with E-state index in [1.165, 1.54) is 49.9 Å². The fourth-order valence-electron chi connectivity index (χ4n) is 5.26. The maximum Gasteiger partial charge on any atom is 0.121 e. The molecular formula is C27H33N7O. The maximum atomic E-state index is 5.45. The van der Waals surface area contributed by atoms with Gasteiger partial charge in [-0.2, -0.15) is 5.10 Å². The highest BCUT2D eigenvalue weighted by Crippen LogP contribution is 2.31. The molecule has 8 heteroatoms. The molecule has 0 unspecified atom stereocenters. The van der Waals surface area contributed by atoms with Crippen LogP contribution >= 0.6 is 0 Å². The molecule has 1 aliphatic heterocycles. The van der Waals surface area contributed by atoms with E-state index in [9.17, 15) is 0 Å². The zero-order valence-corrected chi connectivity index (χ0v) is 20.3. The number of H-pyrrole nitrogens is 1. The Morgan fingerprint density at radius 1 is 1.11 bits per heavy atom. The van der Waals surface area contributed by atoms with Gasteiger partial charge in [-0.25, -0.2) is 4.68 Å². The SMILES string of the molecule is COc1cc(-c2cn(Cc3ccc(N4CCC[C@@H](NCC5CCC5)C4)cc3)nn2)c2cn[nH]c2c1. The van der Waals surface area contributed by atoms with Crippen molar-refractivity contribution >= 4 is 16.6 Å². The highest BCUT2D eigenvalue weighted by atomic mass is 16.5. The van der Waals surface area contributed by atoms with Crippen LogP contribution in [0.3, 0.4) is 0 Å². The van der Waals surface area contributed by atoms with Crippen molar-refractivity contribution < 1.29 is 4.74 Å². The number of nitrogens with zero attached hydrogens (tertiary/aromatic N) is 5. The molecular weight excluding hydrogens is 438 g/mol. The zero-order chi connectivity index (χ0) is 23.6. The first-order valence-electron chi connectivity index (χ1n) is 12.7. The molecule has 1 saturated carbocycles. The highest BCUT2D eigenvalue weighted by molar-refractivity contribution is 5.94. The predicted molar refractivity (Wildman–Crippen MR) is 138 cm³/mol. The Bertz CT molecular complexity index is 1270. The van der Waals surface area contributed by atoms with Gasteiger partial charge in [-0.05, 0) is 61.9 Å². The van der Waals surface area contributed by atoms with Crippen LogP contribution in [0.25, 0.3) is 22.2 Å². The number of fused-ring (bicyclic) bond motifs is 1. The smallest absolute Gasteiger partial charge is 0.121 e. The largest absolute Gasteiger partial charge is 0.497 e. The third-order valence-corrected chi connectivity index (χ3v) is 7.57. The number of nitrogens with one attached hydrogen (secondary N) is 2. The lowest BCUT2D eigenvalue weighted by atomic mass is 9.85. The van der Waals surface area contributed by atoms with Crippen LogP contribution in [-0.4, -0.2) is 58.0 Å². The number of methoxy groups -OCH3 is 1. The number of aromatic nitrogens is 5. The Balaban J connectivity index is 1.11. The van der Waals surface area contributed by atoms with E-state index in [2.05, 4.69) is 55.0 Å². The first-order valence-corrected chi connectivity index (χ1v) is 12.7. The average Bonchev–Trinajstić information content (AvgIpc) is 3.53. The van der Waals surface area contributed by atoms with Crippen molar-refractivity contribution in [1.29, 1.82) is 0 Å². The van der Waals surface area contributed by atoms with Crippen LogP contribution in [0, 0.1) is 5.92 Å². The average molecular weight is 472 g/mol. The Hall–Kier alpha value is -3.39. The van der Waals surface area contributed by atoms with Gasteiger partial charge in [-0.15, -0.1) is 5.10 Å². The molecule has 2 aromatic heterocycles. The Kier molecular flexibility index (Phi) is 6.12. The van der Waals surface area contributed by atoms with Gasteiger partial charge in [0.25, 0.3) is 0 Å². The van der Waals surface area contributed by atoms with Crippen LogP contribution in [-0.2, 0) is 6.54 Å². The van der Waals surface area contributed by atoms with Gasteiger partial charge in [0.15, 0.2) is 0 Å². The normalized spacial score (nSPS) is 18.7. The molecule has 1 saturated heterocycles. The van der Waals surface area contributed by atoms with Gasteiger partial charge in [0.2, 0.25) is 0 Å². The van der Waals surface area contributed by atoms with Crippen molar-refractivity contribution in [2.75, 3.05) is 31.6 Å². The fraction of sp³-hybridized carbons (Fsp3) is 0.444. The Morgan fingerprint density at radius 3 is 2.80 bits per heavy atom. The second-order valence-electron chi connectivity index (χ2n) is 9.96. The monoisotopic (exact) mass is 471 g/mol. The molecule has 1 atom stereocenters. The minimum absolute atomic E-state index is 0.607. The predicted octanol–water partition coefficient (Wildman–Crippen LogP) is 4.24. The van der Waals surface area contributed by atoms with E-state index < -0.39 is 0 Å². The number of hydrogen-bond acceptors (Lipinski definition) is 6. The Morgan fingerprint density at radius 2 is 2.00 bits per heavy atom. The summed E-state index contributed by atoms with van der Waals surface area (Å²) in [4.78, 5) is 2.53. The van der Waals surface area contributed by atoms with Crippen molar-refractivity contribution in [3.05, 3.63) is 54.4 Å². The molecule has 1 aliphatic carbocycles. The molecule has 2 N–H and O–H groups in total. The number of benzene rings is 2. The van der Waals surface area contributed by atoms with Gasteiger partial charge in [0.05, 0.1) is 31.6 Å². The van der Waals surface area contributed by atoms with Crippen LogP contribution in [0.4, 0.5) is 5.69 Å². The maximum absolute atomic E-state index is 5.45. The number of hydrogen-bond donors (Lipinski definition) is 2. The molecule has 4 aromatic rings. The number of ether oxygens (including phenoxy) is 1. The van der Waals surface area contributed by atoms with E-state index in [1.54, 1.807) is 7.11 Å². The lowest BCUT2D eigenvalue weighted by molar-refractivity contribution is 0.280. The molecule has 0 spiro atoms. The van der Waals surface area contributed by atoms with Gasteiger partial charge in [0.1, 0.15) is 11.4 Å². The summed E-state index contributed by atoms with van der Waals surface area (Å²) in [6, 6.07) is 13.4. The Labute approximate surface area is 205 Å². The topological polar surface area (TPSA) is 83.9 Å². The van der Waals surface area contributed by atoms with E-state index in [0.29, 0.717) is 12.6 Å². The quantitative estimate of drug-likeness (QED) is 0.400. The second kappa shape index (κ2) is 9.70. The molecule has 0 radical (unpaired) electrons. The summed E-state index contributed by atoms with van der Waals surface area (Å²) >= 11 is 0. The number of rotatable bonds is 8. The van der Waals surface area contributed by atoms with Crippen LogP contribution in [0.5, 0.6) is 5.75 Å². The molecule has 2 fully saturated rings. The molecule has 0 amide bonds. The summed E-state index contributed by atoms with van der Waals surface area (Å²) in [5, 5.41) is 20.8. The van der Waals surface area contributed by atoms with Gasteiger partial charge >= 0.3 is 0 Å². The number of aromatic amines is 1. The van der Waals surface area contributed by atoms with E-state index in [0.717, 1.165) is 46.9 Å². The molecule has 35 heavy (non-hydrogen) atoms. The van der Waals surface area contributed by atoms with E-state index in [1.807, 2.05) is 29.2 Å². The van der Waals surface area contributed by atoms with E-state index in [-0.39, 0.29) is 0 Å². The third-order valence-electron chi connectivity index (χ3n) is 7.57. The van der Waals surface area contributed by atoms with Crippen LogP contribution in [0.1, 0.15) is 37.7 Å². The summed E-state index contributed by atoms with van der Waals surface area (Å²) in [6.07, 6.45) is 10.6. The van der Waals surface area contributed by atoms with Crippen molar-refractivity contribution in [2.45, 2.75) is 44.7 Å². The highest BCUT2D eigenvalue weighted by Gasteiger charge is 2.23. The van der Waals surface area contributed by atoms with Crippen LogP contribution in [0.2, 0.25) is 0 Å². The molecule has 8 nitrogen and oxygen atoms in total. The third kappa shape index (κ3) is 4.75. The van der Waals surface area contributed by atoms with E-state index >= 15 is 0 Å². The van der Waals surface area contributed by atoms with Gasteiger partial charge in [-0.1, -0.05) is 23.8 Å². The van der Waals surface area contributed by atoms with Crippen LogP contribution in [0.15, 0.2) is 48.8 Å². The molecule has 2 aromatic carbocycles.